The second kappa shape index (κ2) is 5.36. The summed E-state index contributed by atoms with van der Waals surface area (Å²) >= 11 is 0. The Hall–Kier alpha value is -1.95. The highest BCUT2D eigenvalue weighted by molar-refractivity contribution is 5.31. The maximum atomic E-state index is 6.08. The topological polar surface area (TPSA) is 78.8 Å². The van der Waals surface area contributed by atoms with Crippen molar-refractivity contribution in [3.8, 4) is 11.7 Å². The molecule has 1 aliphatic rings. The van der Waals surface area contributed by atoms with E-state index in [-0.39, 0.29) is 12.1 Å². The van der Waals surface area contributed by atoms with Crippen LogP contribution in [0.2, 0.25) is 0 Å². The predicted octanol–water partition coefficient (Wildman–Crippen LogP) is 1.31. The Morgan fingerprint density at radius 1 is 1.16 bits per heavy atom. The summed E-state index contributed by atoms with van der Waals surface area (Å²) in [6.45, 7) is 0. The molecule has 0 amide bonds. The van der Waals surface area contributed by atoms with Gasteiger partial charge >= 0.3 is 6.01 Å². The first-order valence-electron chi connectivity index (χ1n) is 6.60. The van der Waals surface area contributed by atoms with E-state index in [4.69, 9.17) is 10.5 Å². The van der Waals surface area contributed by atoms with Crippen molar-refractivity contribution < 1.29 is 4.74 Å². The largest absolute Gasteiger partial charge is 0.457 e. The number of hydrogen-bond acceptors (Lipinski definition) is 5. The minimum absolute atomic E-state index is 0.00205. The fourth-order valence-corrected chi connectivity index (χ4v) is 2.39. The van der Waals surface area contributed by atoms with Gasteiger partial charge in [-0.15, -0.1) is 0 Å². The Kier molecular flexibility index (Phi) is 3.41. The van der Waals surface area contributed by atoms with Gasteiger partial charge in [-0.2, -0.15) is 4.68 Å². The molecular weight excluding hydrogens is 242 g/mol. The predicted molar refractivity (Wildman–Crippen MR) is 70.0 cm³/mol. The van der Waals surface area contributed by atoms with Gasteiger partial charge in [0.05, 0.1) is 5.69 Å². The third kappa shape index (κ3) is 2.58. The van der Waals surface area contributed by atoms with Crippen LogP contribution in [0.1, 0.15) is 25.7 Å². The van der Waals surface area contributed by atoms with Gasteiger partial charge in [0.1, 0.15) is 6.10 Å². The summed E-state index contributed by atoms with van der Waals surface area (Å²) < 4.78 is 7.49. The van der Waals surface area contributed by atoms with Crippen LogP contribution in [0.25, 0.3) is 5.69 Å². The molecule has 0 saturated heterocycles. The van der Waals surface area contributed by atoms with E-state index in [1.54, 1.807) is 4.68 Å². The summed E-state index contributed by atoms with van der Waals surface area (Å²) in [5.41, 5.74) is 6.96. The first-order chi connectivity index (χ1) is 9.34. The van der Waals surface area contributed by atoms with Crippen molar-refractivity contribution in [2.24, 2.45) is 5.73 Å². The van der Waals surface area contributed by atoms with Crippen molar-refractivity contribution in [3.63, 3.8) is 0 Å². The molecule has 1 aromatic heterocycles. The van der Waals surface area contributed by atoms with Gasteiger partial charge in [0.15, 0.2) is 0 Å². The maximum absolute atomic E-state index is 6.08. The van der Waals surface area contributed by atoms with Gasteiger partial charge < -0.3 is 10.5 Å². The first kappa shape index (κ1) is 12.1. The quantitative estimate of drug-likeness (QED) is 0.899. The monoisotopic (exact) mass is 259 g/mol. The minimum atomic E-state index is 0.00205. The lowest BCUT2D eigenvalue weighted by Crippen LogP contribution is -2.41. The summed E-state index contributed by atoms with van der Waals surface area (Å²) in [6, 6.07) is 10.2. The summed E-state index contributed by atoms with van der Waals surface area (Å²) in [5.74, 6) is 0. The Morgan fingerprint density at radius 3 is 2.74 bits per heavy atom. The highest BCUT2D eigenvalue weighted by Gasteiger charge is 2.25. The molecule has 1 aromatic carbocycles. The van der Waals surface area contributed by atoms with E-state index >= 15 is 0 Å². The van der Waals surface area contributed by atoms with Gasteiger partial charge in [0.2, 0.25) is 0 Å². The molecule has 6 heteroatoms. The Balaban J connectivity index is 1.81. The number of ether oxygens (including phenoxy) is 1. The summed E-state index contributed by atoms with van der Waals surface area (Å²) in [4.78, 5) is 0. The lowest BCUT2D eigenvalue weighted by molar-refractivity contribution is 0.117. The third-order valence-corrected chi connectivity index (χ3v) is 3.45. The van der Waals surface area contributed by atoms with Crippen LogP contribution in [0.5, 0.6) is 6.01 Å². The van der Waals surface area contributed by atoms with Gasteiger partial charge in [0, 0.05) is 6.04 Å². The van der Waals surface area contributed by atoms with Gasteiger partial charge in [-0.1, -0.05) is 29.7 Å². The molecule has 0 bridgehead atoms. The second-order valence-corrected chi connectivity index (χ2v) is 4.81. The average molecular weight is 259 g/mol. The molecule has 1 heterocycles. The maximum Gasteiger partial charge on any atom is 0.340 e. The molecule has 2 atom stereocenters. The molecule has 2 aromatic rings. The number of nitrogens with zero attached hydrogens (tertiary/aromatic N) is 4. The van der Waals surface area contributed by atoms with E-state index in [0.29, 0.717) is 6.01 Å². The second-order valence-electron chi connectivity index (χ2n) is 4.81. The van der Waals surface area contributed by atoms with Crippen molar-refractivity contribution in [2.75, 3.05) is 0 Å². The number of tetrazole rings is 1. The highest BCUT2D eigenvalue weighted by atomic mass is 16.5. The number of rotatable bonds is 3. The SMILES string of the molecule is NC1CCCCC1Oc1nnnn1-c1ccccc1. The van der Waals surface area contributed by atoms with Gasteiger partial charge in [-0.25, -0.2) is 0 Å². The Labute approximate surface area is 111 Å². The number of benzene rings is 1. The zero-order valence-corrected chi connectivity index (χ0v) is 10.6. The van der Waals surface area contributed by atoms with E-state index in [1.165, 1.54) is 6.42 Å². The minimum Gasteiger partial charge on any atom is -0.457 e. The molecule has 0 aliphatic heterocycles. The van der Waals surface area contributed by atoms with Crippen LogP contribution in [0, 0.1) is 0 Å². The molecule has 1 aliphatic carbocycles. The molecule has 1 fully saturated rings. The van der Waals surface area contributed by atoms with Crippen molar-refractivity contribution in [1.82, 2.24) is 20.2 Å². The zero-order valence-electron chi connectivity index (χ0n) is 10.6. The molecule has 2 unspecified atom stereocenters. The number of aromatic nitrogens is 4. The van der Waals surface area contributed by atoms with Crippen LogP contribution >= 0.6 is 0 Å². The van der Waals surface area contributed by atoms with E-state index in [9.17, 15) is 0 Å². The summed E-state index contributed by atoms with van der Waals surface area (Å²) in [5, 5.41) is 11.6. The van der Waals surface area contributed by atoms with Gasteiger partial charge in [0.25, 0.3) is 0 Å². The molecular formula is C13H17N5O. The van der Waals surface area contributed by atoms with Crippen LogP contribution in [0.15, 0.2) is 30.3 Å². The lowest BCUT2D eigenvalue weighted by Gasteiger charge is -2.28. The fraction of sp³-hybridized carbons (Fsp3) is 0.462. The van der Waals surface area contributed by atoms with Gasteiger partial charge in [-0.3, -0.25) is 0 Å². The lowest BCUT2D eigenvalue weighted by atomic mass is 9.93. The van der Waals surface area contributed by atoms with Crippen LogP contribution in [0.4, 0.5) is 0 Å². The first-order valence-corrected chi connectivity index (χ1v) is 6.60. The van der Waals surface area contributed by atoms with Crippen LogP contribution in [-0.4, -0.2) is 32.4 Å². The standard InChI is InChI=1S/C13H17N5O/c14-11-8-4-5-9-12(11)19-13-15-16-17-18(13)10-6-2-1-3-7-10/h1-3,6-7,11-12H,4-5,8-9,14H2. The molecule has 0 spiro atoms. The van der Waals surface area contributed by atoms with Crippen LogP contribution in [0.3, 0.4) is 0 Å². The van der Waals surface area contributed by atoms with E-state index in [1.807, 2.05) is 30.3 Å². The number of hydrogen-bond donors (Lipinski definition) is 1. The smallest absolute Gasteiger partial charge is 0.340 e. The van der Waals surface area contributed by atoms with Gasteiger partial charge in [-0.05, 0) is 41.8 Å². The molecule has 2 N–H and O–H groups in total. The van der Waals surface area contributed by atoms with Crippen molar-refractivity contribution in [1.29, 1.82) is 0 Å². The van der Waals surface area contributed by atoms with Crippen LogP contribution in [-0.2, 0) is 0 Å². The Bertz CT molecular complexity index is 527. The molecule has 0 radical (unpaired) electrons. The van der Waals surface area contributed by atoms with Crippen LogP contribution < -0.4 is 10.5 Å². The Morgan fingerprint density at radius 2 is 1.95 bits per heavy atom. The molecule has 19 heavy (non-hydrogen) atoms. The van der Waals surface area contributed by atoms with Crippen molar-refractivity contribution in [3.05, 3.63) is 30.3 Å². The zero-order chi connectivity index (χ0) is 13.1. The molecule has 6 nitrogen and oxygen atoms in total. The third-order valence-electron chi connectivity index (χ3n) is 3.45. The molecule has 100 valence electrons. The molecule has 3 rings (SSSR count). The van der Waals surface area contributed by atoms with E-state index < -0.39 is 0 Å². The average Bonchev–Trinajstić information content (AvgIpc) is 2.91. The number of nitrogens with two attached hydrogens (primary N) is 1. The fourth-order valence-electron chi connectivity index (χ4n) is 2.39. The summed E-state index contributed by atoms with van der Waals surface area (Å²) in [7, 11) is 0. The van der Waals surface area contributed by atoms with E-state index in [2.05, 4.69) is 15.5 Å². The number of para-hydroxylation sites is 1. The normalized spacial score (nSPS) is 23.2. The molecule has 1 saturated carbocycles. The summed E-state index contributed by atoms with van der Waals surface area (Å²) in [6.07, 6.45) is 4.28. The highest BCUT2D eigenvalue weighted by Crippen LogP contribution is 2.22. The van der Waals surface area contributed by atoms with Crippen molar-refractivity contribution >= 4 is 0 Å². The van der Waals surface area contributed by atoms with E-state index in [0.717, 1.165) is 24.9 Å². The van der Waals surface area contributed by atoms with Crippen molar-refractivity contribution in [2.45, 2.75) is 37.8 Å².